The number of carbonyl (C=O) groups excluding carboxylic acids is 1. The molecule has 0 aromatic carbocycles. The van der Waals surface area contributed by atoms with Crippen LogP contribution in [0.25, 0.3) is 0 Å². The predicted octanol–water partition coefficient (Wildman–Crippen LogP) is -1.32. The molecule has 0 bridgehead atoms. The number of unbranched alkanes of at least 4 members (excludes halogenated alkanes) is 4. The summed E-state index contributed by atoms with van der Waals surface area (Å²) in [7, 11) is 0. The molecule has 1 unspecified atom stereocenters. The Balaban J connectivity index is 0. The molecule has 0 fully saturated rings. The van der Waals surface area contributed by atoms with Crippen LogP contribution in [-0.2, 0) is 9.59 Å². The zero-order valence-electron chi connectivity index (χ0n) is 15.9. The van der Waals surface area contributed by atoms with Crippen molar-refractivity contribution < 1.29 is 80.8 Å². The molecule has 7 heteroatoms. The van der Waals surface area contributed by atoms with Crippen LogP contribution in [0.4, 0.5) is 0 Å². The van der Waals surface area contributed by atoms with Gasteiger partial charge in [0.05, 0.1) is 32.3 Å². The SMILES string of the molecule is CCCCCC/C=C/[N+](CCO)(CCCC(=O)[O-])CCCC(=O)O.[K+]. The summed E-state index contributed by atoms with van der Waals surface area (Å²) in [5, 5.41) is 28.9. The van der Waals surface area contributed by atoms with Gasteiger partial charge in [-0.25, -0.2) is 0 Å². The van der Waals surface area contributed by atoms with E-state index in [0.717, 1.165) is 12.8 Å². The first-order valence-electron chi connectivity index (χ1n) is 9.01. The van der Waals surface area contributed by atoms with E-state index < -0.39 is 11.9 Å². The van der Waals surface area contributed by atoms with Crippen LogP contribution in [0.2, 0.25) is 0 Å². The second-order valence-electron chi connectivity index (χ2n) is 6.32. The number of hydrogen-bond donors (Lipinski definition) is 2. The maximum atomic E-state index is 10.7. The third-order valence-electron chi connectivity index (χ3n) is 4.17. The molecule has 0 aliphatic heterocycles. The van der Waals surface area contributed by atoms with Gasteiger partial charge in [-0.1, -0.05) is 26.2 Å². The fourth-order valence-electron chi connectivity index (χ4n) is 2.83. The van der Waals surface area contributed by atoms with Crippen molar-refractivity contribution in [3.63, 3.8) is 0 Å². The van der Waals surface area contributed by atoms with Crippen LogP contribution in [0, 0.1) is 0 Å². The van der Waals surface area contributed by atoms with Gasteiger partial charge in [0.25, 0.3) is 0 Å². The maximum absolute atomic E-state index is 10.7. The number of nitrogens with zero attached hydrogens (tertiary/aromatic N) is 1. The third kappa shape index (κ3) is 16.2. The number of carboxylic acid groups (broad SMARTS) is 2. The molecule has 0 aliphatic rings. The number of allylic oxidation sites excluding steroid dienone is 1. The van der Waals surface area contributed by atoms with Gasteiger partial charge < -0.3 is 20.1 Å². The molecule has 2 N–H and O–H groups in total. The van der Waals surface area contributed by atoms with Gasteiger partial charge in [0.15, 0.2) is 0 Å². The van der Waals surface area contributed by atoms with Gasteiger partial charge in [-0.15, -0.1) is 0 Å². The van der Waals surface area contributed by atoms with Crippen LogP contribution in [0.1, 0.15) is 64.7 Å². The minimum absolute atomic E-state index is 0. The van der Waals surface area contributed by atoms with Crippen molar-refractivity contribution in [1.82, 2.24) is 0 Å². The molecule has 6 nitrogen and oxygen atoms in total. The number of aliphatic hydroxyl groups is 1. The van der Waals surface area contributed by atoms with Crippen molar-refractivity contribution in [1.29, 1.82) is 0 Å². The summed E-state index contributed by atoms with van der Waals surface area (Å²) in [6.45, 7) is 3.78. The quantitative estimate of drug-likeness (QED) is 0.196. The largest absolute Gasteiger partial charge is 1.00 e. The van der Waals surface area contributed by atoms with Crippen LogP contribution in [-0.4, -0.2) is 52.9 Å². The predicted molar refractivity (Wildman–Crippen MR) is 91.0 cm³/mol. The van der Waals surface area contributed by atoms with E-state index in [1.165, 1.54) is 19.3 Å². The normalized spacial score (nSPS) is 13.4. The van der Waals surface area contributed by atoms with Crippen LogP contribution < -0.4 is 56.5 Å². The first kappa shape index (κ1) is 27.5. The van der Waals surface area contributed by atoms with Crippen LogP contribution in [0.5, 0.6) is 0 Å². The number of carbonyl (C=O) groups is 2. The molecule has 25 heavy (non-hydrogen) atoms. The summed E-state index contributed by atoms with van der Waals surface area (Å²) in [4.78, 5) is 21.4. The van der Waals surface area contributed by atoms with Gasteiger partial charge in [0.2, 0.25) is 0 Å². The summed E-state index contributed by atoms with van der Waals surface area (Å²) < 4.78 is 0.435. The van der Waals surface area contributed by atoms with E-state index in [0.29, 0.717) is 37.0 Å². The third-order valence-corrected chi connectivity index (χ3v) is 4.17. The smallest absolute Gasteiger partial charge is 0.550 e. The van der Waals surface area contributed by atoms with E-state index in [-0.39, 0.29) is 70.8 Å². The minimum Gasteiger partial charge on any atom is -0.550 e. The molecular weight excluding hydrogens is 349 g/mol. The van der Waals surface area contributed by atoms with E-state index >= 15 is 0 Å². The molecule has 0 rings (SSSR count). The van der Waals surface area contributed by atoms with Crippen LogP contribution in [0.3, 0.4) is 0 Å². The Bertz CT molecular complexity index is 368. The second-order valence-corrected chi connectivity index (χ2v) is 6.32. The van der Waals surface area contributed by atoms with Gasteiger partial charge >= 0.3 is 57.4 Å². The number of aliphatic hydroxyl groups excluding tert-OH is 1. The fraction of sp³-hybridized carbons (Fsp3) is 0.778. The van der Waals surface area contributed by atoms with E-state index in [9.17, 15) is 19.8 Å². The average molecular weight is 383 g/mol. The van der Waals surface area contributed by atoms with Crippen molar-refractivity contribution in [2.24, 2.45) is 0 Å². The van der Waals surface area contributed by atoms with Crippen LogP contribution in [0.15, 0.2) is 12.3 Å². The minimum atomic E-state index is -1.08. The molecule has 0 spiro atoms. The Kier molecular flexibility index (Phi) is 19.4. The van der Waals surface area contributed by atoms with Gasteiger partial charge in [0, 0.05) is 18.8 Å². The Labute approximate surface area is 194 Å². The molecule has 0 radical (unpaired) electrons. The van der Waals surface area contributed by atoms with Gasteiger partial charge in [0.1, 0.15) is 6.54 Å². The first-order chi connectivity index (χ1) is 11.5. The molecule has 140 valence electrons. The molecule has 0 heterocycles. The van der Waals surface area contributed by atoms with Crippen molar-refractivity contribution in [2.45, 2.75) is 64.7 Å². The average Bonchev–Trinajstić information content (AvgIpc) is 2.50. The Hall–Kier alpha value is 0.236. The van der Waals surface area contributed by atoms with Crippen molar-refractivity contribution in [3.8, 4) is 0 Å². The number of carboxylic acids is 2. The summed E-state index contributed by atoms with van der Waals surface area (Å²) in [5.41, 5.74) is 0. The Morgan fingerprint density at radius 1 is 1.00 bits per heavy atom. The Morgan fingerprint density at radius 3 is 2.16 bits per heavy atom. The zero-order valence-corrected chi connectivity index (χ0v) is 19.0. The molecule has 0 amide bonds. The summed E-state index contributed by atoms with van der Waals surface area (Å²) >= 11 is 0. The summed E-state index contributed by atoms with van der Waals surface area (Å²) in [5.74, 6) is -1.92. The van der Waals surface area contributed by atoms with Gasteiger partial charge in [-0.05, 0) is 25.3 Å². The molecular formula is C18H33KNO5+. The molecule has 0 aliphatic carbocycles. The summed E-state index contributed by atoms with van der Waals surface area (Å²) in [6, 6.07) is 0. The number of rotatable bonds is 16. The van der Waals surface area contributed by atoms with Crippen molar-refractivity contribution >= 4 is 11.9 Å². The van der Waals surface area contributed by atoms with E-state index in [2.05, 4.69) is 13.0 Å². The standard InChI is InChI=1S/C18H33NO5.K/c1-2-3-4-5-6-7-12-19(15-16-20,13-8-10-17(21)22)14-9-11-18(23)24;/h7,12,20H,2-6,8-11,13-16H2,1H3,(H-,21,22,23,24);/q;+1/b12-7+;. The molecule has 0 aromatic rings. The van der Waals surface area contributed by atoms with Gasteiger partial charge in [-0.2, -0.15) is 0 Å². The van der Waals surface area contributed by atoms with E-state index in [4.69, 9.17) is 5.11 Å². The number of hydrogen-bond acceptors (Lipinski definition) is 4. The van der Waals surface area contributed by atoms with Gasteiger partial charge in [-0.3, -0.25) is 9.28 Å². The number of aliphatic carboxylic acids is 2. The maximum Gasteiger partial charge on any atom is 1.00 e. The second kappa shape index (κ2) is 17.6. The zero-order chi connectivity index (χ0) is 18.3. The molecule has 1 atom stereocenters. The number of quaternary nitrogens is 1. The van der Waals surface area contributed by atoms with Crippen LogP contribution >= 0.6 is 0 Å². The monoisotopic (exact) mass is 382 g/mol. The first-order valence-corrected chi connectivity index (χ1v) is 9.01. The van der Waals surface area contributed by atoms with Crippen molar-refractivity contribution in [2.75, 3.05) is 26.2 Å². The molecule has 0 saturated carbocycles. The fourth-order valence-corrected chi connectivity index (χ4v) is 2.83. The van der Waals surface area contributed by atoms with E-state index in [1.54, 1.807) is 0 Å². The topological polar surface area (TPSA) is 97.7 Å². The van der Waals surface area contributed by atoms with E-state index in [1.807, 2.05) is 6.20 Å². The molecule has 0 aromatic heterocycles. The molecule has 0 saturated heterocycles. The van der Waals surface area contributed by atoms with Crippen molar-refractivity contribution in [3.05, 3.63) is 12.3 Å². The Morgan fingerprint density at radius 2 is 1.64 bits per heavy atom. The summed E-state index contributed by atoms with van der Waals surface area (Å²) in [6.07, 6.45) is 10.8.